The van der Waals surface area contributed by atoms with Crippen molar-refractivity contribution in [2.45, 2.75) is 19.5 Å². The molecule has 1 aromatic rings. The highest BCUT2D eigenvalue weighted by Gasteiger charge is 2.11. The molecule has 0 aromatic carbocycles. The summed E-state index contributed by atoms with van der Waals surface area (Å²) in [6, 6.07) is -0.885. The third-order valence-electron chi connectivity index (χ3n) is 1.46. The first-order valence-electron chi connectivity index (χ1n) is 3.57. The van der Waals surface area contributed by atoms with Crippen LogP contribution in [0, 0.1) is 6.92 Å². The zero-order valence-electron chi connectivity index (χ0n) is 6.77. The molecule has 0 unspecified atom stereocenters. The van der Waals surface area contributed by atoms with E-state index < -0.39 is 12.0 Å². The molecule has 5 heteroatoms. The van der Waals surface area contributed by atoms with Gasteiger partial charge in [0, 0.05) is 6.20 Å². The average Bonchev–Trinajstić information content (AvgIpc) is 2.35. The van der Waals surface area contributed by atoms with E-state index >= 15 is 0 Å². The summed E-state index contributed by atoms with van der Waals surface area (Å²) in [5.41, 5.74) is 6.29. The van der Waals surface area contributed by atoms with Gasteiger partial charge in [-0.15, -0.1) is 0 Å². The third kappa shape index (κ3) is 2.06. The Bertz CT molecular complexity index is 282. The monoisotopic (exact) mass is 169 g/mol. The number of aliphatic carboxylic acids is 1. The maximum Gasteiger partial charge on any atom is 0.322 e. The van der Waals surface area contributed by atoms with Gasteiger partial charge in [0.1, 0.15) is 6.04 Å². The fraction of sp³-hybridized carbons (Fsp3) is 0.429. The molecule has 0 bridgehead atoms. The van der Waals surface area contributed by atoms with Crippen LogP contribution in [0.25, 0.3) is 0 Å². The normalized spacial score (nSPS) is 12.8. The molecule has 0 aliphatic rings. The van der Waals surface area contributed by atoms with E-state index in [9.17, 15) is 4.79 Å². The third-order valence-corrected chi connectivity index (χ3v) is 1.46. The van der Waals surface area contributed by atoms with E-state index in [1.807, 2.05) is 6.92 Å². The minimum Gasteiger partial charge on any atom is -0.480 e. The van der Waals surface area contributed by atoms with Crippen molar-refractivity contribution in [3.63, 3.8) is 0 Å². The number of carboxylic acid groups (broad SMARTS) is 1. The maximum atomic E-state index is 10.3. The predicted octanol–water partition coefficient (Wildman–Crippen LogP) is -0.397. The molecule has 0 amide bonds. The van der Waals surface area contributed by atoms with E-state index in [0.717, 1.165) is 5.56 Å². The van der Waals surface area contributed by atoms with Crippen LogP contribution in [0.4, 0.5) is 0 Å². The summed E-state index contributed by atoms with van der Waals surface area (Å²) in [5, 5.41) is 12.4. The average molecular weight is 169 g/mol. The van der Waals surface area contributed by atoms with Gasteiger partial charge in [-0.1, -0.05) is 0 Å². The number of aromatic nitrogens is 2. The number of nitrogens with two attached hydrogens (primary N) is 1. The molecule has 0 aliphatic carbocycles. The Morgan fingerprint density at radius 1 is 1.92 bits per heavy atom. The lowest BCUT2D eigenvalue weighted by Crippen LogP contribution is -2.34. The number of hydrogen-bond donors (Lipinski definition) is 2. The highest BCUT2D eigenvalue weighted by molar-refractivity contribution is 5.72. The molecule has 0 aliphatic heterocycles. The van der Waals surface area contributed by atoms with Crippen LogP contribution < -0.4 is 5.73 Å². The highest BCUT2D eigenvalue weighted by Crippen LogP contribution is 1.95. The van der Waals surface area contributed by atoms with Crippen molar-refractivity contribution >= 4 is 5.97 Å². The second kappa shape index (κ2) is 3.36. The number of carbonyl (C=O) groups is 1. The van der Waals surface area contributed by atoms with Gasteiger partial charge in [-0.3, -0.25) is 9.48 Å². The topological polar surface area (TPSA) is 81.1 Å². The fourth-order valence-electron chi connectivity index (χ4n) is 0.846. The first-order chi connectivity index (χ1) is 5.59. The van der Waals surface area contributed by atoms with Crippen LogP contribution in [-0.2, 0) is 11.3 Å². The van der Waals surface area contributed by atoms with Crippen LogP contribution in [0.1, 0.15) is 5.56 Å². The van der Waals surface area contributed by atoms with Crippen LogP contribution in [0.2, 0.25) is 0 Å². The minimum atomic E-state index is -1.01. The SMILES string of the molecule is Cc1cnn(C[C@H](N)C(=O)O)c1. The Kier molecular flexibility index (Phi) is 2.44. The van der Waals surface area contributed by atoms with Gasteiger partial charge >= 0.3 is 5.97 Å². The van der Waals surface area contributed by atoms with Gasteiger partial charge in [-0.05, 0) is 12.5 Å². The van der Waals surface area contributed by atoms with Gasteiger partial charge in [-0.2, -0.15) is 5.10 Å². The summed E-state index contributed by atoms with van der Waals surface area (Å²) in [4.78, 5) is 10.3. The van der Waals surface area contributed by atoms with Gasteiger partial charge in [0.05, 0.1) is 12.7 Å². The van der Waals surface area contributed by atoms with E-state index in [-0.39, 0.29) is 6.54 Å². The van der Waals surface area contributed by atoms with Crippen LogP contribution in [0.5, 0.6) is 0 Å². The van der Waals surface area contributed by atoms with Crippen molar-refractivity contribution in [3.05, 3.63) is 18.0 Å². The number of aryl methyl sites for hydroxylation is 1. The molecule has 12 heavy (non-hydrogen) atoms. The van der Waals surface area contributed by atoms with E-state index in [1.54, 1.807) is 12.4 Å². The molecule has 1 aromatic heterocycles. The van der Waals surface area contributed by atoms with Gasteiger partial charge in [0.25, 0.3) is 0 Å². The molecule has 5 nitrogen and oxygen atoms in total. The first kappa shape index (κ1) is 8.73. The summed E-state index contributed by atoms with van der Waals surface area (Å²) in [6.45, 7) is 2.10. The molecular weight excluding hydrogens is 158 g/mol. The van der Waals surface area contributed by atoms with Gasteiger partial charge in [0.2, 0.25) is 0 Å². The smallest absolute Gasteiger partial charge is 0.322 e. The highest BCUT2D eigenvalue weighted by atomic mass is 16.4. The second-order valence-corrected chi connectivity index (χ2v) is 2.68. The molecule has 0 spiro atoms. The maximum absolute atomic E-state index is 10.3. The first-order valence-corrected chi connectivity index (χ1v) is 3.57. The summed E-state index contributed by atoms with van der Waals surface area (Å²) < 4.78 is 1.52. The zero-order chi connectivity index (χ0) is 9.14. The molecule has 0 fully saturated rings. The van der Waals surface area contributed by atoms with Gasteiger partial charge in [0.15, 0.2) is 0 Å². The van der Waals surface area contributed by atoms with Crippen molar-refractivity contribution in [2.24, 2.45) is 5.73 Å². The van der Waals surface area contributed by atoms with E-state index in [1.165, 1.54) is 4.68 Å². The molecule has 1 heterocycles. The molecule has 66 valence electrons. The summed E-state index contributed by atoms with van der Waals surface area (Å²) in [5.74, 6) is -1.01. The largest absolute Gasteiger partial charge is 0.480 e. The minimum absolute atomic E-state index is 0.211. The van der Waals surface area contributed by atoms with E-state index in [2.05, 4.69) is 5.10 Å². The van der Waals surface area contributed by atoms with Gasteiger partial charge in [-0.25, -0.2) is 0 Å². The summed E-state index contributed by atoms with van der Waals surface area (Å²) >= 11 is 0. The lowest BCUT2D eigenvalue weighted by Gasteiger charge is -2.05. The van der Waals surface area contributed by atoms with Crippen molar-refractivity contribution in [1.82, 2.24) is 9.78 Å². The fourth-order valence-corrected chi connectivity index (χ4v) is 0.846. The predicted molar refractivity (Wildman–Crippen MR) is 42.6 cm³/mol. The van der Waals surface area contributed by atoms with Gasteiger partial charge < -0.3 is 10.8 Å². The Labute approximate surface area is 69.8 Å². The molecule has 3 N–H and O–H groups in total. The summed E-state index contributed by atoms with van der Waals surface area (Å²) in [6.07, 6.45) is 3.41. The Balaban J connectivity index is 2.58. The number of hydrogen-bond acceptors (Lipinski definition) is 3. The quantitative estimate of drug-likeness (QED) is 0.645. The van der Waals surface area contributed by atoms with E-state index in [0.29, 0.717) is 0 Å². The molecule has 1 rings (SSSR count). The Morgan fingerprint density at radius 3 is 3.00 bits per heavy atom. The Morgan fingerprint density at radius 2 is 2.58 bits per heavy atom. The molecule has 1 atom stereocenters. The zero-order valence-corrected chi connectivity index (χ0v) is 6.77. The van der Waals surface area contributed by atoms with E-state index in [4.69, 9.17) is 10.8 Å². The molecular formula is C7H11N3O2. The van der Waals surface area contributed by atoms with Crippen molar-refractivity contribution in [3.8, 4) is 0 Å². The summed E-state index contributed by atoms with van der Waals surface area (Å²) in [7, 11) is 0. The number of carboxylic acids is 1. The number of nitrogens with zero attached hydrogens (tertiary/aromatic N) is 2. The van der Waals surface area contributed by atoms with Crippen molar-refractivity contribution in [1.29, 1.82) is 0 Å². The molecule has 0 saturated carbocycles. The molecule has 0 saturated heterocycles. The number of rotatable bonds is 3. The second-order valence-electron chi connectivity index (χ2n) is 2.68. The van der Waals surface area contributed by atoms with Crippen LogP contribution in [0.3, 0.4) is 0 Å². The lowest BCUT2D eigenvalue weighted by molar-refractivity contribution is -0.138. The lowest BCUT2D eigenvalue weighted by atomic mass is 10.3. The van der Waals surface area contributed by atoms with Crippen molar-refractivity contribution in [2.75, 3.05) is 0 Å². The van der Waals surface area contributed by atoms with Crippen LogP contribution >= 0.6 is 0 Å². The van der Waals surface area contributed by atoms with Crippen LogP contribution in [0.15, 0.2) is 12.4 Å². The molecule has 0 radical (unpaired) electrons. The Hall–Kier alpha value is -1.36. The standard InChI is InChI=1S/C7H11N3O2/c1-5-2-9-10(3-5)4-6(8)7(11)12/h2-3,6H,4,8H2,1H3,(H,11,12)/t6-/m0/s1. The van der Waals surface area contributed by atoms with Crippen LogP contribution in [-0.4, -0.2) is 26.9 Å². The van der Waals surface area contributed by atoms with Crippen molar-refractivity contribution < 1.29 is 9.90 Å².